The number of nitrogens with zero attached hydrogens (tertiary/aromatic N) is 3. The number of hydrogen-bond donors (Lipinski definition) is 2. The molecule has 0 saturated carbocycles. The Hall–Kier alpha value is -3.59. The van der Waals surface area contributed by atoms with E-state index in [1.807, 2.05) is 42.2 Å². The maximum atomic E-state index is 13.6. The number of H-pyrrole nitrogens is 1. The summed E-state index contributed by atoms with van der Waals surface area (Å²) in [5.41, 5.74) is 3.19. The van der Waals surface area contributed by atoms with Crippen LogP contribution in [0.4, 0.5) is 4.79 Å². The number of piperidine rings is 1. The first-order chi connectivity index (χ1) is 16.1. The van der Waals surface area contributed by atoms with Crippen LogP contribution in [-0.2, 0) is 18.4 Å². The molecule has 1 aliphatic heterocycles. The van der Waals surface area contributed by atoms with Crippen LogP contribution in [0.1, 0.15) is 55.0 Å². The molecule has 4 rings (SSSR count). The van der Waals surface area contributed by atoms with Gasteiger partial charge < -0.3 is 15.2 Å². The van der Waals surface area contributed by atoms with Crippen molar-refractivity contribution in [2.75, 3.05) is 6.54 Å². The van der Waals surface area contributed by atoms with E-state index in [1.54, 1.807) is 12.5 Å². The van der Waals surface area contributed by atoms with Gasteiger partial charge >= 0.3 is 6.03 Å². The highest BCUT2D eigenvalue weighted by molar-refractivity contribution is 5.75. The number of urea groups is 1. The van der Waals surface area contributed by atoms with Crippen molar-refractivity contribution in [3.63, 3.8) is 0 Å². The highest BCUT2D eigenvalue weighted by Gasteiger charge is 2.35. The summed E-state index contributed by atoms with van der Waals surface area (Å²) in [6.45, 7) is 2.81. The Balaban J connectivity index is 1.49. The number of amides is 2. The molecule has 2 aromatic carbocycles. The molecule has 1 fully saturated rings. The lowest BCUT2D eigenvalue weighted by atomic mass is 9.89. The second-order valence-corrected chi connectivity index (χ2v) is 9.08. The Bertz CT molecular complexity index is 1070. The van der Waals surface area contributed by atoms with Crippen molar-refractivity contribution in [2.45, 2.75) is 57.0 Å². The van der Waals surface area contributed by atoms with Gasteiger partial charge in [0.2, 0.25) is 0 Å². The van der Waals surface area contributed by atoms with E-state index >= 15 is 0 Å². The number of aromatic amines is 1. The standard InChI is InChI=1S/C27H31N5O/c1-27(25-19-29-20-30-25,17-22-10-12-23(18-28)13-11-22)31-26(33)32-16-6-5-9-24(32)15-14-21-7-3-2-4-8-21/h2-4,7-8,10-13,19-20,24H,5-6,9,14-17H2,1H3,(H,29,30)(H,31,33). The number of imidazole rings is 1. The van der Waals surface area contributed by atoms with Crippen LogP contribution in [0.3, 0.4) is 0 Å². The Morgan fingerprint density at radius 2 is 1.97 bits per heavy atom. The van der Waals surface area contributed by atoms with Crippen LogP contribution in [0, 0.1) is 11.3 Å². The monoisotopic (exact) mass is 441 g/mol. The molecule has 2 N–H and O–H groups in total. The average molecular weight is 442 g/mol. The first kappa shape index (κ1) is 22.6. The summed E-state index contributed by atoms with van der Waals surface area (Å²) in [5.74, 6) is 0. The molecule has 1 saturated heterocycles. The fourth-order valence-corrected chi connectivity index (χ4v) is 4.72. The first-order valence-corrected chi connectivity index (χ1v) is 11.7. The first-order valence-electron chi connectivity index (χ1n) is 11.7. The molecule has 1 aromatic heterocycles. The van der Waals surface area contributed by atoms with Crippen molar-refractivity contribution in [1.29, 1.82) is 5.26 Å². The molecule has 33 heavy (non-hydrogen) atoms. The topological polar surface area (TPSA) is 84.8 Å². The maximum absolute atomic E-state index is 13.6. The number of aromatic nitrogens is 2. The highest BCUT2D eigenvalue weighted by atomic mass is 16.2. The number of benzene rings is 2. The molecule has 1 aliphatic rings. The van der Waals surface area contributed by atoms with Crippen LogP contribution < -0.4 is 5.32 Å². The normalized spacial score (nSPS) is 17.7. The lowest BCUT2D eigenvalue weighted by Gasteiger charge is -2.39. The van der Waals surface area contributed by atoms with Gasteiger partial charge in [0.15, 0.2) is 0 Å². The van der Waals surface area contributed by atoms with Crippen LogP contribution in [0.15, 0.2) is 67.1 Å². The minimum Gasteiger partial charge on any atom is -0.347 e. The molecule has 2 amide bonds. The fraction of sp³-hybridized carbons (Fsp3) is 0.370. The number of aryl methyl sites for hydroxylation is 1. The number of nitriles is 1. The minimum atomic E-state index is -0.650. The predicted octanol–water partition coefficient (Wildman–Crippen LogP) is 4.94. The second kappa shape index (κ2) is 10.4. The molecule has 170 valence electrons. The predicted molar refractivity (Wildman–Crippen MR) is 128 cm³/mol. The number of hydrogen-bond acceptors (Lipinski definition) is 3. The van der Waals surface area contributed by atoms with Gasteiger partial charge in [0.05, 0.1) is 35.4 Å². The highest BCUT2D eigenvalue weighted by Crippen LogP contribution is 2.27. The SMILES string of the molecule is CC(Cc1ccc(C#N)cc1)(NC(=O)N1CCCCC1CCc1ccccc1)c1cnc[nH]1. The van der Waals surface area contributed by atoms with Crippen molar-refractivity contribution in [3.05, 3.63) is 89.5 Å². The molecule has 3 aromatic rings. The lowest BCUT2D eigenvalue weighted by Crippen LogP contribution is -2.55. The van der Waals surface area contributed by atoms with Gasteiger partial charge in [-0.15, -0.1) is 0 Å². The third kappa shape index (κ3) is 5.61. The zero-order valence-electron chi connectivity index (χ0n) is 19.1. The average Bonchev–Trinajstić information content (AvgIpc) is 3.40. The van der Waals surface area contributed by atoms with E-state index in [0.717, 1.165) is 49.9 Å². The number of nitrogens with one attached hydrogen (secondary N) is 2. The van der Waals surface area contributed by atoms with Crippen LogP contribution in [-0.4, -0.2) is 33.5 Å². The van der Waals surface area contributed by atoms with Gasteiger partial charge in [-0.25, -0.2) is 9.78 Å². The summed E-state index contributed by atoms with van der Waals surface area (Å²) < 4.78 is 0. The quantitative estimate of drug-likeness (QED) is 0.545. The molecule has 0 aliphatic carbocycles. The summed E-state index contributed by atoms with van der Waals surface area (Å²) >= 11 is 0. The van der Waals surface area contributed by atoms with Gasteiger partial charge in [-0.05, 0) is 62.3 Å². The van der Waals surface area contributed by atoms with Crippen molar-refractivity contribution >= 4 is 6.03 Å². The van der Waals surface area contributed by atoms with E-state index in [1.165, 1.54) is 5.56 Å². The van der Waals surface area contributed by atoms with Crippen LogP contribution in [0.2, 0.25) is 0 Å². The summed E-state index contributed by atoms with van der Waals surface area (Å²) in [7, 11) is 0. The summed E-state index contributed by atoms with van der Waals surface area (Å²) in [6.07, 6.45) is 9.17. The van der Waals surface area contributed by atoms with E-state index in [4.69, 9.17) is 5.26 Å². The molecule has 6 nitrogen and oxygen atoms in total. The molecule has 6 heteroatoms. The smallest absolute Gasteiger partial charge is 0.318 e. The van der Waals surface area contributed by atoms with Gasteiger partial charge in [-0.2, -0.15) is 5.26 Å². The molecular weight excluding hydrogens is 410 g/mol. The second-order valence-electron chi connectivity index (χ2n) is 9.08. The minimum absolute atomic E-state index is 0.0292. The zero-order valence-corrected chi connectivity index (χ0v) is 19.1. The molecule has 0 radical (unpaired) electrons. The zero-order chi connectivity index (χ0) is 23.1. The van der Waals surface area contributed by atoms with Crippen LogP contribution in [0.25, 0.3) is 0 Å². The van der Waals surface area contributed by atoms with E-state index in [2.05, 4.69) is 45.6 Å². The van der Waals surface area contributed by atoms with Crippen LogP contribution in [0.5, 0.6) is 0 Å². The van der Waals surface area contributed by atoms with Gasteiger partial charge in [0.25, 0.3) is 0 Å². The van der Waals surface area contributed by atoms with Gasteiger partial charge in [-0.1, -0.05) is 42.5 Å². The third-order valence-electron chi connectivity index (χ3n) is 6.61. The largest absolute Gasteiger partial charge is 0.347 e. The Morgan fingerprint density at radius 1 is 1.18 bits per heavy atom. The number of rotatable bonds is 7. The van der Waals surface area contributed by atoms with E-state index < -0.39 is 5.54 Å². The van der Waals surface area contributed by atoms with E-state index in [-0.39, 0.29) is 12.1 Å². The Labute approximate surface area is 195 Å². The summed E-state index contributed by atoms with van der Waals surface area (Å²) in [5, 5.41) is 12.4. The maximum Gasteiger partial charge on any atom is 0.318 e. The molecule has 2 unspecified atom stereocenters. The molecular formula is C27H31N5O. The van der Waals surface area contributed by atoms with Gasteiger partial charge in [0.1, 0.15) is 0 Å². The fourth-order valence-electron chi connectivity index (χ4n) is 4.72. The van der Waals surface area contributed by atoms with Gasteiger partial charge in [0, 0.05) is 19.0 Å². The Morgan fingerprint density at radius 3 is 2.67 bits per heavy atom. The lowest BCUT2D eigenvalue weighted by molar-refractivity contribution is 0.136. The molecule has 2 atom stereocenters. The van der Waals surface area contributed by atoms with Crippen molar-refractivity contribution < 1.29 is 4.79 Å². The third-order valence-corrected chi connectivity index (χ3v) is 6.61. The van der Waals surface area contributed by atoms with Crippen molar-refractivity contribution in [2.24, 2.45) is 0 Å². The van der Waals surface area contributed by atoms with E-state index in [0.29, 0.717) is 12.0 Å². The molecule has 2 heterocycles. The van der Waals surface area contributed by atoms with Gasteiger partial charge in [-0.3, -0.25) is 0 Å². The van der Waals surface area contributed by atoms with Crippen molar-refractivity contribution in [1.82, 2.24) is 20.2 Å². The number of carbonyl (C=O) groups excluding carboxylic acids is 1. The molecule has 0 spiro atoms. The summed E-state index contributed by atoms with van der Waals surface area (Å²) in [6, 6.07) is 20.4. The summed E-state index contributed by atoms with van der Waals surface area (Å²) in [4.78, 5) is 23.0. The van der Waals surface area contributed by atoms with E-state index in [9.17, 15) is 4.79 Å². The van der Waals surface area contributed by atoms with Crippen LogP contribution >= 0.6 is 0 Å². The Kier molecular flexibility index (Phi) is 7.09. The molecule has 0 bridgehead atoms. The van der Waals surface area contributed by atoms with Crippen molar-refractivity contribution in [3.8, 4) is 6.07 Å². The number of likely N-dealkylation sites (tertiary alicyclic amines) is 1. The number of carbonyl (C=O) groups is 1.